The van der Waals surface area contributed by atoms with E-state index in [4.69, 9.17) is 0 Å². The Hall–Kier alpha value is -1.52. The van der Waals surface area contributed by atoms with Crippen LogP contribution >= 0.6 is 0 Å². The summed E-state index contributed by atoms with van der Waals surface area (Å²) in [6.07, 6.45) is -4.04. The summed E-state index contributed by atoms with van der Waals surface area (Å²) in [5, 5.41) is 2.23. The Morgan fingerprint density at radius 1 is 1.25 bits per heavy atom. The lowest BCUT2D eigenvalue weighted by Crippen LogP contribution is -2.07. The lowest BCUT2D eigenvalue weighted by molar-refractivity contribution is -0.137. The van der Waals surface area contributed by atoms with Crippen LogP contribution < -0.4 is 5.32 Å². The minimum absolute atomic E-state index is 0.0329. The van der Waals surface area contributed by atoms with Crippen LogP contribution in [0.5, 0.6) is 0 Å². The molecule has 1 aromatic rings. The van der Waals surface area contributed by atoms with Crippen molar-refractivity contribution in [1.29, 1.82) is 0 Å². The van der Waals surface area contributed by atoms with E-state index in [0.717, 1.165) is 12.1 Å². The third-order valence-corrected chi connectivity index (χ3v) is 2.17. The molecule has 0 saturated heterocycles. The molecule has 2 nitrogen and oxygen atoms in total. The molecule has 0 atom stereocenters. The number of carbonyl (C=O) groups excluding carboxylic acids is 1. The molecule has 88 valence electrons. The molecular weight excluding hydrogens is 219 g/mol. The monoisotopic (exact) mass is 231 g/mol. The fourth-order valence-electron chi connectivity index (χ4n) is 1.30. The zero-order valence-corrected chi connectivity index (χ0v) is 8.93. The summed E-state index contributed by atoms with van der Waals surface area (Å²) in [6, 6.07) is 3.55. The lowest BCUT2D eigenvalue weighted by Gasteiger charge is -2.13. The van der Waals surface area contributed by atoms with E-state index in [1.165, 1.54) is 6.07 Å². The smallest absolute Gasteiger partial charge is 0.329 e. The third-order valence-electron chi connectivity index (χ3n) is 2.17. The first kappa shape index (κ1) is 12.5. The summed E-state index contributed by atoms with van der Waals surface area (Å²) < 4.78 is 37.6. The first-order chi connectivity index (χ1) is 7.34. The van der Waals surface area contributed by atoms with Crippen LogP contribution in [0.2, 0.25) is 0 Å². The van der Waals surface area contributed by atoms with Gasteiger partial charge in [0, 0.05) is 5.69 Å². The fraction of sp³-hybridized carbons (Fsp3) is 0.364. The number of alkyl halides is 3. The molecule has 0 bridgehead atoms. The molecule has 0 aliphatic heterocycles. The second-order valence-corrected chi connectivity index (χ2v) is 3.76. The summed E-state index contributed by atoms with van der Waals surface area (Å²) in [5.41, 5.74) is -0.0456. The highest BCUT2D eigenvalue weighted by Gasteiger charge is 2.31. The molecule has 0 aliphatic carbocycles. The van der Waals surface area contributed by atoms with Crippen LogP contribution in [-0.2, 0) is 11.0 Å². The van der Waals surface area contributed by atoms with Crippen molar-refractivity contribution >= 4 is 12.1 Å². The Bertz CT molecular complexity index is 385. The Morgan fingerprint density at radius 2 is 1.88 bits per heavy atom. The highest BCUT2D eigenvalue weighted by atomic mass is 19.4. The van der Waals surface area contributed by atoms with E-state index in [1.54, 1.807) is 13.8 Å². The Balaban J connectivity index is 3.24. The van der Waals surface area contributed by atoms with Gasteiger partial charge < -0.3 is 5.32 Å². The largest absolute Gasteiger partial charge is 0.416 e. The van der Waals surface area contributed by atoms with Crippen molar-refractivity contribution in [2.75, 3.05) is 5.32 Å². The van der Waals surface area contributed by atoms with E-state index in [9.17, 15) is 18.0 Å². The maximum absolute atomic E-state index is 12.5. The van der Waals surface area contributed by atoms with Gasteiger partial charge in [0.2, 0.25) is 6.41 Å². The van der Waals surface area contributed by atoms with Gasteiger partial charge in [-0.3, -0.25) is 4.79 Å². The molecule has 0 fully saturated rings. The van der Waals surface area contributed by atoms with Gasteiger partial charge in [-0.05, 0) is 29.7 Å². The molecule has 1 amide bonds. The molecule has 0 aromatic heterocycles. The number of anilines is 1. The number of hydrogen-bond acceptors (Lipinski definition) is 1. The molecule has 0 unspecified atom stereocenters. The molecule has 0 heterocycles. The summed E-state index contributed by atoms with van der Waals surface area (Å²) in [7, 11) is 0. The van der Waals surface area contributed by atoms with Crippen LogP contribution in [0.25, 0.3) is 0 Å². The summed E-state index contributed by atoms with van der Waals surface area (Å²) in [4.78, 5) is 10.2. The normalized spacial score (nSPS) is 11.6. The van der Waals surface area contributed by atoms with E-state index in [2.05, 4.69) is 5.32 Å². The Morgan fingerprint density at radius 3 is 2.31 bits per heavy atom. The zero-order chi connectivity index (χ0) is 12.3. The maximum atomic E-state index is 12.5. The number of halogens is 3. The van der Waals surface area contributed by atoms with Crippen LogP contribution in [0, 0.1) is 0 Å². The van der Waals surface area contributed by atoms with E-state index in [1.807, 2.05) is 0 Å². The zero-order valence-electron chi connectivity index (χ0n) is 8.93. The fourth-order valence-corrected chi connectivity index (χ4v) is 1.30. The van der Waals surface area contributed by atoms with Crippen molar-refractivity contribution in [2.24, 2.45) is 0 Å². The van der Waals surface area contributed by atoms with Crippen LogP contribution in [0.4, 0.5) is 18.9 Å². The lowest BCUT2D eigenvalue weighted by atomic mass is 9.99. The molecule has 16 heavy (non-hydrogen) atoms. The van der Waals surface area contributed by atoms with Gasteiger partial charge in [-0.15, -0.1) is 0 Å². The number of amides is 1. The SMILES string of the molecule is CC(C)c1cc(NC=O)cc(C(F)(F)F)c1. The summed E-state index contributed by atoms with van der Waals surface area (Å²) >= 11 is 0. The predicted molar refractivity (Wildman–Crippen MR) is 55.2 cm³/mol. The average molecular weight is 231 g/mol. The Kier molecular flexibility index (Phi) is 3.57. The molecule has 1 rings (SSSR count). The molecule has 5 heteroatoms. The van der Waals surface area contributed by atoms with Gasteiger partial charge in [0.15, 0.2) is 0 Å². The standard InChI is InChI=1S/C11H12F3NO/c1-7(2)8-3-9(11(12,13)14)5-10(4-8)15-6-16/h3-7H,1-2H3,(H,15,16). The van der Waals surface area contributed by atoms with Crippen molar-refractivity contribution in [1.82, 2.24) is 0 Å². The highest BCUT2D eigenvalue weighted by Crippen LogP contribution is 2.33. The summed E-state index contributed by atoms with van der Waals surface area (Å²) in [5.74, 6) is -0.0329. The first-order valence-corrected chi connectivity index (χ1v) is 4.77. The van der Waals surface area contributed by atoms with Crippen molar-refractivity contribution in [3.8, 4) is 0 Å². The second-order valence-electron chi connectivity index (χ2n) is 3.76. The molecule has 0 aliphatic rings. The topological polar surface area (TPSA) is 29.1 Å². The van der Waals surface area contributed by atoms with Crippen LogP contribution in [0.15, 0.2) is 18.2 Å². The Labute approximate surface area is 91.5 Å². The number of rotatable bonds is 3. The van der Waals surface area contributed by atoms with Crippen molar-refractivity contribution < 1.29 is 18.0 Å². The van der Waals surface area contributed by atoms with Crippen LogP contribution in [0.3, 0.4) is 0 Å². The number of benzene rings is 1. The van der Waals surface area contributed by atoms with Gasteiger partial charge in [-0.1, -0.05) is 13.8 Å². The van der Waals surface area contributed by atoms with Crippen molar-refractivity contribution in [2.45, 2.75) is 25.9 Å². The number of nitrogens with one attached hydrogen (secondary N) is 1. The van der Waals surface area contributed by atoms with Gasteiger partial charge in [0.05, 0.1) is 5.56 Å². The molecular formula is C11H12F3NO. The number of carbonyl (C=O) groups is 1. The average Bonchev–Trinajstić information content (AvgIpc) is 2.16. The van der Waals surface area contributed by atoms with Gasteiger partial charge in [0.1, 0.15) is 0 Å². The molecule has 0 spiro atoms. The molecule has 0 saturated carbocycles. The predicted octanol–water partition coefficient (Wildman–Crippen LogP) is 3.40. The van der Waals surface area contributed by atoms with E-state index >= 15 is 0 Å². The first-order valence-electron chi connectivity index (χ1n) is 4.77. The minimum Gasteiger partial charge on any atom is -0.329 e. The van der Waals surface area contributed by atoms with E-state index < -0.39 is 11.7 Å². The second kappa shape index (κ2) is 4.55. The third kappa shape index (κ3) is 2.98. The van der Waals surface area contributed by atoms with Gasteiger partial charge in [-0.2, -0.15) is 13.2 Å². The maximum Gasteiger partial charge on any atom is 0.416 e. The molecule has 0 radical (unpaired) electrons. The highest BCUT2D eigenvalue weighted by molar-refractivity contribution is 5.72. The quantitative estimate of drug-likeness (QED) is 0.793. The molecule has 1 aromatic carbocycles. The van der Waals surface area contributed by atoms with Gasteiger partial charge in [-0.25, -0.2) is 0 Å². The van der Waals surface area contributed by atoms with Crippen molar-refractivity contribution in [3.63, 3.8) is 0 Å². The van der Waals surface area contributed by atoms with Crippen LogP contribution in [0.1, 0.15) is 30.9 Å². The van der Waals surface area contributed by atoms with E-state index in [-0.39, 0.29) is 11.6 Å². The van der Waals surface area contributed by atoms with Crippen LogP contribution in [-0.4, -0.2) is 6.41 Å². The van der Waals surface area contributed by atoms with E-state index in [0.29, 0.717) is 12.0 Å². The van der Waals surface area contributed by atoms with Crippen molar-refractivity contribution in [3.05, 3.63) is 29.3 Å². The summed E-state index contributed by atoms with van der Waals surface area (Å²) in [6.45, 7) is 3.58. The van der Waals surface area contributed by atoms with Gasteiger partial charge in [0.25, 0.3) is 0 Å². The van der Waals surface area contributed by atoms with Gasteiger partial charge >= 0.3 is 6.18 Å². The minimum atomic E-state index is -4.40. The number of hydrogen-bond donors (Lipinski definition) is 1. The molecule has 1 N–H and O–H groups in total.